The number of ether oxygens (including phenoxy) is 2. The molecule has 1 N–H and O–H groups in total. The largest absolute Gasteiger partial charge is 0.485 e. The van der Waals surface area contributed by atoms with E-state index >= 15 is 0 Å². The molecule has 2 aliphatic rings. The third-order valence-corrected chi connectivity index (χ3v) is 2.17. The highest BCUT2D eigenvalue weighted by molar-refractivity contribution is 5.88. The summed E-state index contributed by atoms with van der Waals surface area (Å²) in [4.78, 5) is 3.80. The van der Waals surface area contributed by atoms with Gasteiger partial charge in [-0.25, -0.2) is 0 Å². The lowest BCUT2D eigenvalue weighted by Gasteiger charge is -2.26. The van der Waals surface area contributed by atoms with E-state index in [1.54, 1.807) is 0 Å². The van der Waals surface area contributed by atoms with Crippen LogP contribution in [0.4, 0.5) is 0 Å². The SMILES string of the molecule is [2H]c1cc2c(cc1[2H])O[C@@H](C1=NC([2H])([2H])C([2H])N1)CO2. The minimum absolute atomic E-state index is 0.0167. The Morgan fingerprint density at radius 3 is 3.13 bits per heavy atom. The second-order valence-electron chi connectivity index (χ2n) is 3.14. The lowest BCUT2D eigenvalue weighted by molar-refractivity contribution is 0.133. The maximum Gasteiger partial charge on any atom is 0.189 e. The quantitative estimate of drug-likeness (QED) is 0.745. The molecule has 4 heteroatoms. The molecule has 0 aliphatic carbocycles. The van der Waals surface area contributed by atoms with E-state index in [-0.39, 0.29) is 24.5 Å². The van der Waals surface area contributed by atoms with Gasteiger partial charge in [0, 0.05) is 6.52 Å². The number of aliphatic imine (C=N–C) groups is 1. The molecule has 3 rings (SSSR count). The molecule has 2 atom stereocenters. The van der Waals surface area contributed by atoms with Crippen molar-refractivity contribution in [3.05, 3.63) is 24.2 Å². The number of hydrogen-bond donors (Lipinski definition) is 1. The second-order valence-corrected chi connectivity index (χ2v) is 3.14. The van der Waals surface area contributed by atoms with Gasteiger partial charge in [0.1, 0.15) is 12.4 Å². The monoisotopic (exact) mass is 209 g/mol. The first kappa shape index (κ1) is 4.88. The molecule has 15 heavy (non-hydrogen) atoms. The van der Waals surface area contributed by atoms with Crippen molar-refractivity contribution < 1.29 is 16.3 Å². The average molecular weight is 209 g/mol. The average Bonchev–Trinajstić information content (AvgIpc) is 2.65. The third-order valence-electron chi connectivity index (χ3n) is 2.17. The van der Waals surface area contributed by atoms with Crippen molar-refractivity contribution in [3.63, 3.8) is 0 Å². The molecular formula is C11H12N2O2. The van der Waals surface area contributed by atoms with Gasteiger partial charge in [-0.2, -0.15) is 0 Å². The van der Waals surface area contributed by atoms with Crippen molar-refractivity contribution in [2.24, 2.45) is 4.99 Å². The van der Waals surface area contributed by atoms with Crippen molar-refractivity contribution in [2.75, 3.05) is 19.6 Å². The second kappa shape index (κ2) is 3.46. The minimum atomic E-state index is -2.00. The van der Waals surface area contributed by atoms with Gasteiger partial charge in [-0.3, -0.25) is 4.99 Å². The summed E-state index contributed by atoms with van der Waals surface area (Å²) in [5.41, 5.74) is 0. The molecule has 1 unspecified atom stereocenters. The van der Waals surface area contributed by atoms with Gasteiger partial charge in [0.05, 0.1) is 13.4 Å². The zero-order valence-corrected chi connectivity index (χ0v) is 7.78. The number of benzene rings is 1. The van der Waals surface area contributed by atoms with Crippen LogP contribution in [-0.4, -0.2) is 31.6 Å². The van der Waals surface area contributed by atoms with E-state index in [0.29, 0.717) is 11.5 Å². The van der Waals surface area contributed by atoms with Gasteiger partial charge in [-0.05, 0) is 12.1 Å². The smallest absolute Gasteiger partial charge is 0.189 e. The van der Waals surface area contributed by atoms with Crippen LogP contribution in [0, 0.1) is 0 Å². The molecular weight excluding hydrogens is 192 g/mol. The summed E-state index contributed by atoms with van der Waals surface area (Å²) in [6.07, 6.45) is -0.649. The molecule has 0 radical (unpaired) electrons. The molecule has 1 aromatic rings. The number of fused-ring (bicyclic) bond motifs is 1. The van der Waals surface area contributed by atoms with Crippen LogP contribution in [0.25, 0.3) is 0 Å². The first-order valence-corrected chi connectivity index (χ1v) is 4.56. The van der Waals surface area contributed by atoms with E-state index in [2.05, 4.69) is 10.3 Å². The summed E-state index contributed by atoms with van der Waals surface area (Å²) in [6.45, 7) is -3.06. The Morgan fingerprint density at radius 2 is 2.33 bits per heavy atom. The predicted molar refractivity (Wildman–Crippen MR) is 56.7 cm³/mol. The van der Waals surface area contributed by atoms with Crippen LogP contribution in [0.2, 0.25) is 0 Å². The van der Waals surface area contributed by atoms with E-state index in [1.807, 2.05) is 0 Å². The first-order valence-electron chi connectivity index (χ1n) is 7.14. The van der Waals surface area contributed by atoms with Crippen LogP contribution in [0.3, 0.4) is 0 Å². The Kier molecular flexibility index (Phi) is 1.12. The van der Waals surface area contributed by atoms with Crippen LogP contribution >= 0.6 is 0 Å². The zero-order valence-electron chi connectivity index (χ0n) is 12.8. The Balaban J connectivity index is 1.85. The Hall–Kier alpha value is -1.71. The summed E-state index contributed by atoms with van der Waals surface area (Å²) in [6, 6.07) is 2.85. The van der Waals surface area contributed by atoms with Crippen molar-refractivity contribution in [1.29, 1.82) is 0 Å². The molecule has 0 spiro atoms. The number of amidine groups is 1. The lowest BCUT2D eigenvalue weighted by atomic mass is 10.2. The maximum atomic E-state index is 7.57. The molecule has 0 saturated heterocycles. The van der Waals surface area contributed by atoms with Crippen LogP contribution < -0.4 is 14.8 Å². The summed E-state index contributed by atoms with van der Waals surface area (Å²) in [5, 5.41) is 2.62. The molecule has 2 aliphatic heterocycles. The maximum absolute atomic E-state index is 7.57. The molecule has 0 amide bonds. The first-order chi connectivity index (χ1) is 9.37. The van der Waals surface area contributed by atoms with Crippen molar-refractivity contribution in [1.82, 2.24) is 5.32 Å². The van der Waals surface area contributed by atoms with Crippen LogP contribution in [0.15, 0.2) is 29.2 Å². The fourth-order valence-corrected chi connectivity index (χ4v) is 1.45. The van der Waals surface area contributed by atoms with E-state index in [1.165, 1.54) is 12.1 Å². The number of rotatable bonds is 1. The molecule has 0 saturated carbocycles. The van der Waals surface area contributed by atoms with Gasteiger partial charge in [0.15, 0.2) is 17.6 Å². The number of nitrogens with zero attached hydrogens (tertiary/aromatic N) is 1. The normalized spacial score (nSPS) is 36.3. The minimum Gasteiger partial charge on any atom is -0.485 e. The number of hydrogen-bond acceptors (Lipinski definition) is 4. The topological polar surface area (TPSA) is 42.8 Å². The fourth-order valence-electron chi connectivity index (χ4n) is 1.45. The Bertz CT molecular complexity index is 592. The predicted octanol–water partition coefficient (Wildman–Crippen LogP) is 0.828. The van der Waals surface area contributed by atoms with Gasteiger partial charge >= 0.3 is 0 Å². The summed E-state index contributed by atoms with van der Waals surface area (Å²) < 4.78 is 48.8. The number of nitrogens with one attached hydrogen (secondary N) is 1. The van der Waals surface area contributed by atoms with Crippen molar-refractivity contribution >= 4 is 5.84 Å². The number of para-hydroxylation sites is 2. The summed E-state index contributed by atoms with van der Waals surface area (Å²) in [7, 11) is 0. The molecule has 1 aromatic carbocycles. The van der Waals surface area contributed by atoms with Crippen LogP contribution in [0.5, 0.6) is 11.5 Å². The van der Waals surface area contributed by atoms with E-state index in [9.17, 15) is 0 Å². The summed E-state index contributed by atoms with van der Waals surface area (Å²) in [5.74, 6) is 0.925. The van der Waals surface area contributed by atoms with Crippen LogP contribution in [-0.2, 0) is 0 Å². The van der Waals surface area contributed by atoms with E-state index < -0.39 is 19.1 Å². The molecule has 4 nitrogen and oxygen atoms in total. The highest BCUT2D eigenvalue weighted by Crippen LogP contribution is 2.31. The molecule has 0 aromatic heterocycles. The Labute approximate surface area is 94.9 Å². The zero-order chi connectivity index (χ0) is 14.5. The van der Waals surface area contributed by atoms with Crippen molar-refractivity contribution in [3.8, 4) is 11.5 Å². The molecule has 0 bridgehead atoms. The van der Waals surface area contributed by atoms with Crippen molar-refractivity contribution in [2.45, 2.75) is 6.10 Å². The highest BCUT2D eigenvalue weighted by Gasteiger charge is 2.26. The van der Waals surface area contributed by atoms with Gasteiger partial charge in [-0.1, -0.05) is 12.1 Å². The summed E-state index contributed by atoms with van der Waals surface area (Å²) >= 11 is 0. The molecule has 2 heterocycles. The van der Waals surface area contributed by atoms with E-state index in [4.69, 9.17) is 16.3 Å². The fraction of sp³-hybridized carbons (Fsp3) is 0.364. The standard InChI is InChI=1S/C11H12N2O2/c1-2-4-9-8(3-1)14-7-10(15-9)11-12-5-6-13-11/h1-4,10H,5-7H2,(H,12,13)/t10-/m1/s1/i1D,2D,5D,6D2/t5?,10-. The lowest BCUT2D eigenvalue weighted by Crippen LogP contribution is -2.42. The van der Waals surface area contributed by atoms with Crippen LogP contribution in [0.1, 0.15) is 6.85 Å². The van der Waals surface area contributed by atoms with Gasteiger partial charge in [0.25, 0.3) is 0 Å². The highest BCUT2D eigenvalue weighted by atomic mass is 16.6. The van der Waals surface area contributed by atoms with Gasteiger partial charge in [-0.15, -0.1) is 0 Å². The van der Waals surface area contributed by atoms with E-state index in [0.717, 1.165) is 0 Å². The molecule has 78 valence electrons. The van der Waals surface area contributed by atoms with Gasteiger partial charge < -0.3 is 14.8 Å². The Morgan fingerprint density at radius 1 is 1.47 bits per heavy atom. The molecule has 0 fully saturated rings. The third kappa shape index (κ3) is 1.52. The van der Waals surface area contributed by atoms with Gasteiger partial charge in [0.2, 0.25) is 0 Å².